The van der Waals surface area contributed by atoms with Crippen LogP contribution >= 0.6 is 0 Å². The highest BCUT2D eigenvalue weighted by atomic mass is 16.5. The second-order valence-electron chi connectivity index (χ2n) is 23.9. The number of nitrogens with one attached hydrogen (secondary N) is 1. The van der Waals surface area contributed by atoms with Gasteiger partial charge in [0, 0.05) is 12.8 Å². The number of carbonyl (C=O) groups is 2. The number of ether oxygens (including phenoxy) is 1. The third kappa shape index (κ3) is 64.6. The molecule has 0 aliphatic rings. The van der Waals surface area contributed by atoms with E-state index in [1.165, 1.54) is 283 Å². The molecule has 0 bridgehead atoms. The summed E-state index contributed by atoms with van der Waals surface area (Å²) in [6.45, 7) is 4.87. The molecule has 462 valence electrons. The standard InChI is InChI=1S/C73H135NO5/c1-3-5-7-9-11-13-15-17-38-41-45-49-53-57-61-65-71(76)70(69-75)74-72(77)66-62-58-54-50-46-42-39-36-34-32-30-28-26-24-22-20-19-21-23-25-27-29-31-33-35-37-40-44-48-52-56-60-64-68-79-73(78)67-63-59-55-51-47-43-18-16-14-12-10-8-6-4-2/h10,12,16,18,23,25,29,31,61,65,70-71,75-76H,3-9,11,13-15,17,19-22,24,26-28,30,32-60,62-64,66-69H2,1-2H3,(H,74,77)/b12-10-,18-16-,25-23-,31-29-,65-61+. The Balaban J connectivity index is 3.40. The van der Waals surface area contributed by atoms with E-state index in [9.17, 15) is 19.8 Å². The molecule has 1 amide bonds. The molecule has 0 radical (unpaired) electrons. The van der Waals surface area contributed by atoms with Crippen LogP contribution in [0, 0.1) is 0 Å². The molecule has 0 saturated heterocycles. The van der Waals surface area contributed by atoms with Gasteiger partial charge in [0.15, 0.2) is 0 Å². The highest BCUT2D eigenvalue weighted by Gasteiger charge is 2.18. The van der Waals surface area contributed by atoms with Crippen molar-refractivity contribution < 1.29 is 24.5 Å². The van der Waals surface area contributed by atoms with Crippen LogP contribution in [0.3, 0.4) is 0 Å². The van der Waals surface area contributed by atoms with Gasteiger partial charge in [-0.2, -0.15) is 0 Å². The average Bonchev–Trinajstić information content (AvgIpc) is 3.45. The van der Waals surface area contributed by atoms with Crippen molar-refractivity contribution in [2.24, 2.45) is 0 Å². The molecule has 0 aliphatic heterocycles. The molecule has 0 heterocycles. The molecular weight excluding hydrogens is 971 g/mol. The first-order chi connectivity index (χ1) is 39.0. The number of hydrogen-bond acceptors (Lipinski definition) is 5. The molecule has 0 aromatic rings. The van der Waals surface area contributed by atoms with Gasteiger partial charge >= 0.3 is 5.97 Å². The molecule has 6 heteroatoms. The lowest BCUT2D eigenvalue weighted by molar-refractivity contribution is -0.143. The van der Waals surface area contributed by atoms with Gasteiger partial charge in [0.25, 0.3) is 0 Å². The summed E-state index contributed by atoms with van der Waals surface area (Å²) in [5, 5.41) is 23.2. The molecule has 79 heavy (non-hydrogen) atoms. The van der Waals surface area contributed by atoms with E-state index in [0.717, 1.165) is 57.8 Å². The van der Waals surface area contributed by atoms with Crippen LogP contribution in [-0.4, -0.2) is 47.4 Å². The summed E-state index contributed by atoms with van der Waals surface area (Å²) in [5.74, 6) is -0.0658. The van der Waals surface area contributed by atoms with Crippen molar-refractivity contribution in [3.8, 4) is 0 Å². The first kappa shape index (κ1) is 76.6. The maximum atomic E-state index is 12.5. The molecule has 0 aromatic carbocycles. The zero-order chi connectivity index (χ0) is 57.1. The fraction of sp³-hybridized carbons (Fsp3) is 0.836. The van der Waals surface area contributed by atoms with Crippen molar-refractivity contribution in [3.05, 3.63) is 60.8 Å². The van der Waals surface area contributed by atoms with E-state index in [1.54, 1.807) is 6.08 Å². The highest BCUT2D eigenvalue weighted by molar-refractivity contribution is 5.76. The van der Waals surface area contributed by atoms with Crippen LogP contribution in [0.4, 0.5) is 0 Å². The van der Waals surface area contributed by atoms with Crippen LogP contribution in [0.5, 0.6) is 0 Å². The number of hydrogen-bond donors (Lipinski definition) is 3. The lowest BCUT2D eigenvalue weighted by Crippen LogP contribution is -2.45. The van der Waals surface area contributed by atoms with Gasteiger partial charge in [0.1, 0.15) is 0 Å². The number of aliphatic hydroxyl groups is 2. The number of carbonyl (C=O) groups excluding carboxylic acids is 2. The Bertz CT molecular complexity index is 1370. The van der Waals surface area contributed by atoms with Gasteiger partial charge in [0.05, 0.1) is 25.4 Å². The zero-order valence-corrected chi connectivity index (χ0v) is 52.9. The van der Waals surface area contributed by atoms with E-state index in [1.807, 2.05) is 6.08 Å². The van der Waals surface area contributed by atoms with Crippen LogP contribution in [0.15, 0.2) is 60.8 Å². The summed E-state index contributed by atoms with van der Waals surface area (Å²) in [4.78, 5) is 24.5. The summed E-state index contributed by atoms with van der Waals surface area (Å²) in [5.41, 5.74) is 0. The lowest BCUT2D eigenvalue weighted by atomic mass is 10.0. The van der Waals surface area contributed by atoms with Gasteiger partial charge in [-0.15, -0.1) is 0 Å². The largest absolute Gasteiger partial charge is 0.466 e. The van der Waals surface area contributed by atoms with Gasteiger partial charge in [-0.1, -0.05) is 325 Å². The van der Waals surface area contributed by atoms with Crippen LogP contribution < -0.4 is 5.32 Å². The molecule has 2 unspecified atom stereocenters. The van der Waals surface area contributed by atoms with E-state index in [4.69, 9.17) is 4.74 Å². The normalized spacial score (nSPS) is 12.9. The quantitative estimate of drug-likeness (QED) is 0.0320. The van der Waals surface area contributed by atoms with Crippen LogP contribution in [0.2, 0.25) is 0 Å². The minimum Gasteiger partial charge on any atom is -0.466 e. The highest BCUT2D eigenvalue weighted by Crippen LogP contribution is 2.18. The van der Waals surface area contributed by atoms with Crippen molar-refractivity contribution in [2.45, 2.75) is 379 Å². The number of aliphatic hydroxyl groups excluding tert-OH is 2. The fourth-order valence-electron chi connectivity index (χ4n) is 10.6. The van der Waals surface area contributed by atoms with Gasteiger partial charge in [0.2, 0.25) is 5.91 Å². The Morgan fingerprint density at radius 3 is 1.00 bits per heavy atom. The zero-order valence-electron chi connectivity index (χ0n) is 52.9. The molecule has 0 saturated carbocycles. The maximum absolute atomic E-state index is 12.5. The molecule has 0 aliphatic carbocycles. The van der Waals surface area contributed by atoms with Crippen LogP contribution in [-0.2, 0) is 14.3 Å². The first-order valence-electron chi connectivity index (χ1n) is 35.1. The Kier molecular flexibility index (Phi) is 66.0. The number of unbranched alkanes of at least 4 members (excludes halogenated alkanes) is 46. The summed E-state index contributed by atoms with van der Waals surface area (Å²) in [7, 11) is 0. The molecule has 3 N–H and O–H groups in total. The van der Waals surface area contributed by atoms with Gasteiger partial charge in [-0.25, -0.2) is 0 Å². The number of amides is 1. The smallest absolute Gasteiger partial charge is 0.305 e. The number of rotatable bonds is 65. The third-order valence-corrected chi connectivity index (χ3v) is 16.0. The SMILES string of the molecule is CCCC/C=C\C/C=C\CCCCCCCC(=O)OCCCCCCCCCCC/C=C\C/C=C\CCCCCCCCCCCCCCCCCCCC(=O)NC(CO)C(O)/C=C/CCCCCCCCCCCCCCC. The van der Waals surface area contributed by atoms with E-state index in [2.05, 4.69) is 67.8 Å². The molecule has 0 fully saturated rings. The Labute approximate surface area is 492 Å². The first-order valence-corrected chi connectivity index (χ1v) is 35.1. The van der Waals surface area contributed by atoms with Gasteiger partial charge in [-0.05, 0) is 89.9 Å². The predicted molar refractivity (Wildman–Crippen MR) is 347 cm³/mol. The molecule has 0 rings (SSSR count). The monoisotopic (exact) mass is 1110 g/mol. The molecule has 6 nitrogen and oxygen atoms in total. The van der Waals surface area contributed by atoms with Gasteiger partial charge in [-0.3, -0.25) is 9.59 Å². The Morgan fingerprint density at radius 2 is 0.646 bits per heavy atom. The molecule has 0 spiro atoms. The number of esters is 1. The molecular formula is C73H135NO5. The van der Waals surface area contributed by atoms with Crippen molar-refractivity contribution in [3.63, 3.8) is 0 Å². The lowest BCUT2D eigenvalue weighted by Gasteiger charge is -2.20. The summed E-state index contributed by atoms with van der Waals surface area (Å²) >= 11 is 0. The summed E-state index contributed by atoms with van der Waals surface area (Å²) in [6.07, 6.45) is 90.2. The summed E-state index contributed by atoms with van der Waals surface area (Å²) < 4.78 is 5.48. The summed E-state index contributed by atoms with van der Waals surface area (Å²) in [6, 6.07) is -0.627. The third-order valence-electron chi connectivity index (χ3n) is 16.0. The second kappa shape index (κ2) is 68.1. The topological polar surface area (TPSA) is 95.9 Å². The second-order valence-corrected chi connectivity index (χ2v) is 23.9. The van der Waals surface area contributed by atoms with Gasteiger partial charge < -0.3 is 20.3 Å². The maximum Gasteiger partial charge on any atom is 0.305 e. The van der Waals surface area contributed by atoms with E-state index >= 15 is 0 Å². The van der Waals surface area contributed by atoms with E-state index in [-0.39, 0.29) is 18.5 Å². The Morgan fingerprint density at radius 1 is 0.354 bits per heavy atom. The number of allylic oxidation sites excluding steroid dienone is 9. The predicted octanol–water partition coefficient (Wildman–Crippen LogP) is 22.6. The van der Waals surface area contributed by atoms with Crippen LogP contribution in [0.1, 0.15) is 367 Å². The average molecular weight is 1110 g/mol. The van der Waals surface area contributed by atoms with Crippen LogP contribution in [0.25, 0.3) is 0 Å². The van der Waals surface area contributed by atoms with E-state index in [0.29, 0.717) is 19.4 Å². The fourth-order valence-corrected chi connectivity index (χ4v) is 10.6. The van der Waals surface area contributed by atoms with Crippen molar-refractivity contribution in [1.29, 1.82) is 0 Å². The van der Waals surface area contributed by atoms with Crippen molar-refractivity contribution in [2.75, 3.05) is 13.2 Å². The Hall–Kier alpha value is -2.44. The van der Waals surface area contributed by atoms with Crippen molar-refractivity contribution in [1.82, 2.24) is 5.32 Å². The molecule has 2 atom stereocenters. The minimum atomic E-state index is -0.844. The molecule has 0 aromatic heterocycles. The van der Waals surface area contributed by atoms with E-state index < -0.39 is 12.1 Å². The van der Waals surface area contributed by atoms with Crippen molar-refractivity contribution >= 4 is 11.9 Å². The minimum absolute atomic E-state index is 0.00103.